The fraction of sp³-hybridized carbons (Fsp3) is 0.611. The van der Waals surface area contributed by atoms with Crippen molar-refractivity contribution >= 4 is 5.91 Å². The zero-order chi connectivity index (χ0) is 17.0. The lowest BCUT2D eigenvalue weighted by molar-refractivity contribution is -0.177. The Hall–Kier alpha value is -1.63. The van der Waals surface area contributed by atoms with Crippen LogP contribution in [-0.2, 0) is 16.1 Å². The molecule has 0 aromatic heterocycles. The Labute approximate surface area is 142 Å². The molecule has 1 aromatic carbocycles. The molecule has 24 heavy (non-hydrogen) atoms. The summed E-state index contributed by atoms with van der Waals surface area (Å²) in [4.78, 5) is 13.2. The molecule has 3 N–H and O–H groups in total. The van der Waals surface area contributed by atoms with Crippen LogP contribution in [0.15, 0.2) is 24.3 Å². The Morgan fingerprint density at radius 2 is 2.21 bits per heavy atom. The molecule has 1 spiro atoms. The lowest BCUT2D eigenvalue weighted by Crippen LogP contribution is -2.55. The second-order valence-electron chi connectivity index (χ2n) is 6.75. The number of amides is 1. The Morgan fingerprint density at radius 1 is 1.42 bits per heavy atom. The van der Waals surface area contributed by atoms with Gasteiger partial charge in [0.15, 0.2) is 6.61 Å². The van der Waals surface area contributed by atoms with E-state index in [1.165, 1.54) is 0 Å². The first-order valence-electron chi connectivity index (χ1n) is 8.62. The molecule has 2 aliphatic rings. The van der Waals surface area contributed by atoms with Crippen LogP contribution in [0.25, 0.3) is 0 Å². The molecule has 0 radical (unpaired) electrons. The van der Waals surface area contributed by atoms with E-state index < -0.39 is 5.91 Å². The van der Waals surface area contributed by atoms with Crippen LogP contribution < -0.4 is 10.5 Å². The van der Waals surface area contributed by atoms with E-state index in [9.17, 15) is 9.90 Å². The summed E-state index contributed by atoms with van der Waals surface area (Å²) in [5, 5.41) is 10.3. The van der Waals surface area contributed by atoms with Gasteiger partial charge in [-0.25, -0.2) is 0 Å². The third kappa shape index (κ3) is 4.06. The fourth-order valence-electron chi connectivity index (χ4n) is 3.62. The van der Waals surface area contributed by atoms with Crippen molar-refractivity contribution in [3.63, 3.8) is 0 Å². The van der Waals surface area contributed by atoms with E-state index in [-0.39, 0.29) is 18.3 Å². The van der Waals surface area contributed by atoms with Crippen LogP contribution in [0.2, 0.25) is 0 Å². The lowest BCUT2D eigenvalue weighted by Gasteiger charge is -2.46. The minimum atomic E-state index is -0.479. The first-order chi connectivity index (χ1) is 11.6. The summed E-state index contributed by atoms with van der Waals surface area (Å²) < 4.78 is 11.3. The molecule has 3 rings (SSSR count). The van der Waals surface area contributed by atoms with Gasteiger partial charge in [0.1, 0.15) is 5.75 Å². The zero-order valence-electron chi connectivity index (χ0n) is 13.9. The van der Waals surface area contributed by atoms with Gasteiger partial charge in [0.05, 0.1) is 11.7 Å². The number of carbonyl (C=O) groups excluding carboxylic acids is 1. The number of carbonyl (C=O) groups is 1. The second kappa shape index (κ2) is 7.51. The number of hydrogen-bond acceptors (Lipinski definition) is 5. The van der Waals surface area contributed by atoms with E-state index in [0.717, 1.165) is 57.5 Å². The van der Waals surface area contributed by atoms with Crippen LogP contribution in [0.5, 0.6) is 5.75 Å². The van der Waals surface area contributed by atoms with Crippen molar-refractivity contribution in [3.8, 4) is 5.75 Å². The highest BCUT2D eigenvalue weighted by molar-refractivity contribution is 5.75. The van der Waals surface area contributed by atoms with Crippen molar-refractivity contribution in [1.82, 2.24) is 4.90 Å². The highest BCUT2D eigenvalue weighted by Crippen LogP contribution is 2.35. The molecule has 132 valence electrons. The summed E-state index contributed by atoms with van der Waals surface area (Å²) in [5.41, 5.74) is 5.91. The molecule has 2 heterocycles. The Bertz CT molecular complexity index is 570. The smallest absolute Gasteiger partial charge is 0.255 e. The topological polar surface area (TPSA) is 85.0 Å². The SMILES string of the molecule is NC(=O)COc1cccc(CN2CCC3(CC2)OCCC[C@H]3O)c1. The van der Waals surface area contributed by atoms with Gasteiger partial charge in [-0.15, -0.1) is 0 Å². The summed E-state index contributed by atoms with van der Waals surface area (Å²) in [6, 6.07) is 7.74. The van der Waals surface area contributed by atoms with Crippen molar-refractivity contribution in [2.45, 2.75) is 43.9 Å². The lowest BCUT2D eigenvalue weighted by atomic mass is 9.82. The van der Waals surface area contributed by atoms with Crippen molar-refractivity contribution in [2.24, 2.45) is 5.73 Å². The molecule has 1 aromatic rings. The quantitative estimate of drug-likeness (QED) is 0.841. The molecule has 0 bridgehead atoms. The predicted molar refractivity (Wildman–Crippen MR) is 89.6 cm³/mol. The van der Waals surface area contributed by atoms with Crippen molar-refractivity contribution in [2.75, 3.05) is 26.3 Å². The first-order valence-corrected chi connectivity index (χ1v) is 8.62. The van der Waals surface area contributed by atoms with E-state index >= 15 is 0 Å². The molecule has 0 unspecified atom stereocenters. The zero-order valence-corrected chi connectivity index (χ0v) is 13.9. The predicted octanol–water partition coefficient (Wildman–Crippen LogP) is 1.06. The number of likely N-dealkylation sites (tertiary alicyclic amines) is 1. The minimum Gasteiger partial charge on any atom is -0.484 e. The summed E-state index contributed by atoms with van der Waals surface area (Å²) in [6.07, 6.45) is 3.20. The van der Waals surface area contributed by atoms with Gasteiger partial charge in [0.2, 0.25) is 0 Å². The summed E-state index contributed by atoms with van der Waals surface area (Å²) >= 11 is 0. The maximum absolute atomic E-state index is 10.8. The molecular formula is C18H26N2O4. The first kappa shape index (κ1) is 17.2. The van der Waals surface area contributed by atoms with Gasteiger partial charge in [-0.3, -0.25) is 9.69 Å². The number of hydrogen-bond donors (Lipinski definition) is 2. The Balaban J connectivity index is 1.54. The molecule has 2 fully saturated rings. The van der Waals surface area contributed by atoms with E-state index in [2.05, 4.69) is 4.90 Å². The average molecular weight is 334 g/mol. The molecule has 1 atom stereocenters. The van der Waals surface area contributed by atoms with Crippen molar-refractivity contribution in [1.29, 1.82) is 0 Å². The monoisotopic (exact) mass is 334 g/mol. The van der Waals surface area contributed by atoms with E-state index in [1.54, 1.807) is 0 Å². The number of piperidine rings is 1. The largest absolute Gasteiger partial charge is 0.484 e. The van der Waals surface area contributed by atoms with Gasteiger partial charge < -0.3 is 20.3 Å². The van der Waals surface area contributed by atoms with Crippen LogP contribution in [0.1, 0.15) is 31.2 Å². The van der Waals surface area contributed by atoms with Crippen LogP contribution >= 0.6 is 0 Å². The molecular weight excluding hydrogens is 308 g/mol. The third-order valence-electron chi connectivity index (χ3n) is 5.01. The van der Waals surface area contributed by atoms with Gasteiger partial charge in [0.25, 0.3) is 5.91 Å². The van der Waals surface area contributed by atoms with Gasteiger partial charge in [-0.1, -0.05) is 12.1 Å². The number of aliphatic hydroxyl groups is 1. The van der Waals surface area contributed by atoms with E-state index in [4.69, 9.17) is 15.2 Å². The van der Waals surface area contributed by atoms with E-state index in [0.29, 0.717) is 5.75 Å². The summed E-state index contributed by atoms with van der Waals surface area (Å²) in [7, 11) is 0. The molecule has 2 saturated heterocycles. The van der Waals surface area contributed by atoms with Crippen molar-refractivity contribution in [3.05, 3.63) is 29.8 Å². The highest BCUT2D eigenvalue weighted by atomic mass is 16.5. The van der Waals surface area contributed by atoms with Crippen LogP contribution in [-0.4, -0.2) is 53.9 Å². The van der Waals surface area contributed by atoms with Gasteiger partial charge in [-0.2, -0.15) is 0 Å². The summed E-state index contributed by atoms with van der Waals surface area (Å²) in [5.74, 6) is 0.179. The molecule has 0 aliphatic carbocycles. The molecule has 6 nitrogen and oxygen atoms in total. The van der Waals surface area contributed by atoms with Gasteiger partial charge >= 0.3 is 0 Å². The number of aliphatic hydroxyl groups excluding tert-OH is 1. The van der Waals surface area contributed by atoms with Crippen LogP contribution in [0, 0.1) is 0 Å². The minimum absolute atomic E-state index is 0.106. The maximum Gasteiger partial charge on any atom is 0.255 e. The standard InChI is InChI=1S/C18H26N2O4/c19-17(22)13-23-15-4-1-3-14(11-15)12-20-8-6-18(7-9-20)16(21)5-2-10-24-18/h1,3-4,11,16,21H,2,5-10,12-13H2,(H2,19,22)/t16-/m1/s1. The average Bonchev–Trinajstić information content (AvgIpc) is 2.58. The second-order valence-corrected chi connectivity index (χ2v) is 6.75. The third-order valence-corrected chi connectivity index (χ3v) is 5.01. The Morgan fingerprint density at radius 3 is 2.92 bits per heavy atom. The van der Waals surface area contributed by atoms with Gasteiger partial charge in [-0.05, 0) is 43.4 Å². The molecule has 2 aliphatic heterocycles. The number of primary amides is 1. The number of benzene rings is 1. The molecule has 1 amide bonds. The molecule has 6 heteroatoms. The number of nitrogens with two attached hydrogens (primary N) is 1. The van der Waals surface area contributed by atoms with Crippen LogP contribution in [0.4, 0.5) is 0 Å². The maximum atomic E-state index is 10.8. The molecule has 0 saturated carbocycles. The Kier molecular flexibility index (Phi) is 5.38. The highest BCUT2D eigenvalue weighted by Gasteiger charge is 2.43. The summed E-state index contributed by atoms with van der Waals surface area (Å²) in [6.45, 7) is 3.29. The fourth-order valence-corrected chi connectivity index (χ4v) is 3.62. The van der Waals surface area contributed by atoms with E-state index in [1.807, 2.05) is 24.3 Å². The number of ether oxygens (including phenoxy) is 2. The van der Waals surface area contributed by atoms with Crippen molar-refractivity contribution < 1.29 is 19.4 Å². The number of nitrogens with zero attached hydrogens (tertiary/aromatic N) is 1. The number of rotatable bonds is 5. The van der Waals surface area contributed by atoms with Crippen LogP contribution in [0.3, 0.4) is 0 Å². The normalized spacial score (nSPS) is 24.0. The van der Waals surface area contributed by atoms with Gasteiger partial charge in [0, 0.05) is 26.2 Å².